The van der Waals surface area contributed by atoms with Crippen molar-refractivity contribution in [2.24, 2.45) is 0 Å². The number of hydrogen-bond acceptors (Lipinski definition) is 3. The van der Waals surface area contributed by atoms with Crippen LogP contribution in [0.15, 0.2) is 60.9 Å². The quantitative estimate of drug-likeness (QED) is 0.745. The highest BCUT2D eigenvalue weighted by Gasteiger charge is 2.09. The first-order valence-corrected chi connectivity index (χ1v) is 8.16. The second-order valence-electron chi connectivity index (χ2n) is 5.88. The summed E-state index contributed by atoms with van der Waals surface area (Å²) in [6.45, 7) is 2.41. The molecule has 0 radical (unpaired) electrons. The van der Waals surface area contributed by atoms with Crippen LogP contribution in [0.25, 0.3) is 10.8 Å². The van der Waals surface area contributed by atoms with Gasteiger partial charge in [0.15, 0.2) is 0 Å². The molecule has 0 aliphatic carbocycles. The third-order valence-electron chi connectivity index (χ3n) is 4.12. The molecule has 0 saturated heterocycles. The normalized spacial score (nSPS) is 11.8. The van der Waals surface area contributed by atoms with Crippen LogP contribution in [0.5, 0.6) is 5.75 Å². The van der Waals surface area contributed by atoms with E-state index >= 15 is 0 Å². The van der Waals surface area contributed by atoms with Crippen molar-refractivity contribution >= 4 is 16.8 Å². The Balaban J connectivity index is 1.59. The van der Waals surface area contributed by atoms with Crippen LogP contribution in [0.4, 0.5) is 4.79 Å². The Kier molecular flexibility index (Phi) is 5.14. The molecule has 25 heavy (non-hydrogen) atoms. The molecule has 2 N–H and O–H groups in total. The molecule has 1 aromatic heterocycles. The molecule has 5 nitrogen and oxygen atoms in total. The fraction of sp³-hybridized carbons (Fsp3) is 0.200. The summed E-state index contributed by atoms with van der Waals surface area (Å²) in [7, 11) is 1.66. The molecule has 3 rings (SSSR count). The van der Waals surface area contributed by atoms with Crippen LogP contribution < -0.4 is 15.4 Å². The molecule has 2 aromatic carbocycles. The second kappa shape index (κ2) is 7.66. The van der Waals surface area contributed by atoms with Gasteiger partial charge in [-0.25, -0.2) is 4.79 Å². The Morgan fingerprint density at radius 2 is 1.80 bits per heavy atom. The third-order valence-corrected chi connectivity index (χ3v) is 4.12. The summed E-state index contributed by atoms with van der Waals surface area (Å²) >= 11 is 0. The number of aromatic nitrogens is 1. The average Bonchev–Trinajstić information content (AvgIpc) is 2.66. The van der Waals surface area contributed by atoms with Crippen molar-refractivity contribution in [2.75, 3.05) is 7.11 Å². The van der Waals surface area contributed by atoms with Gasteiger partial charge in [0.05, 0.1) is 13.2 Å². The predicted molar refractivity (Wildman–Crippen MR) is 98.5 cm³/mol. The minimum absolute atomic E-state index is 0.0768. The Hall–Kier alpha value is -3.08. The maximum absolute atomic E-state index is 12.1. The zero-order valence-corrected chi connectivity index (χ0v) is 14.3. The van der Waals surface area contributed by atoms with E-state index in [1.165, 1.54) is 0 Å². The fourth-order valence-corrected chi connectivity index (χ4v) is 2.68. The van der Waals surface area contributed by atoms with Crippen molar-refractivity contribution in [1.29, 1.82) is 0 Å². The van der Waals surface area contributed by atoms with Gasteiger partial charge >= 0.3 is 6.03 Å². The smallest absolute Gasteiger partial charge is 0.315 e. The van der Waals surface area contributed by atoms with Crippen molar-refractivity contribution in [3.8, 4) is 5.75 Å². The van der Waals surface area contributed by atoms with Crippen molar-refractivity contribution in [1.82, 2.24) is 15.6 Å². The largest absolute Gasteiger partial charge is 0.497 e. The molecule has 3 aromatic rings. The number of rotatable bonds is 5. The third kappa shape index (κ3) is 4.26. The summed E-state index contributed by atoms with van der Waals surface area (Å²) in [6, 6.07) is 15.6. The Bertz CT molecular complexity index is 865. The average molecular weight is 335 g/mol. The van der Waals surface area contributed by atoms with Crippen LogP contribution in [-0.2, 0) is 6.54 Å². The molecule has 1 unspecified atom stereocenters. The number of urea groups is 1. The van der Waals surface area contributed by atoms with Gasteiger partial charge in [-0.15, -0.1) is 0 Å². The van der Waals surface area contributed by atoms with Crippen molar-refractivity contribution in [2.45, 2.75) is 19.5 Å². The molecular weight excluding hydrogens is 314 g/mol. The standard InChI is InChI=1S/C20H21N3O2/c1-14(16-7-9-21-10-8-16)23-20(24)22-13-15-3-4-18-12-19(25-2)6-5-17(18)11-15/h3-12,14H,13H2,1-2H3,(H2,22,23,24). The number of carbonyl (C=O) groups is 1. The molecular formula is C20H21N3O2. The summed E-state index contributed by atoms with van der Waals surface area (Å²) in [5, 5.41) is 8.05. The van der Waals surface area contributed by atoms with E-state index < -0.39 is 0 Å². The molecule has 5 heteroatoms. The molecule has 128 valence electrons. The number of nitrogens with zero attached hydrogens (tertiary/aromatic N) is 1. The van der Waals surface area contributed by atoms with E-state index in [1.54, 1.807) is 19.5 Å². The topological polar surface area (TPSA) is 63.2 Å². The lowest BCUT2D eigenvalue weighted by molar-refractivity contribution is 0.237. The molecule has 0 bridgehead atoms. The van der Waals surface area contributed by atoms with E-state index in [2.05, 4.69) is 21.7 Å². The number of nitrogens with one attached hydrogen (secondary N) is 2. The zero-order valence-electron chi connectivity index (χ0n) is 14.3. The lowest BCUT2D eigenvalue weighted by atomic mass is 10.1. The predicted octanol–water partition coefficient (Wildman–Crippen LogP) is 3.80. The SMILES string of the molecule is COc1ccc2cc(CNC(=O)NC(C)c3ccncc3)ccc2c1. The molecule has 1 heterocycles. The molecule has 0 spiro atoms. The van der Waals surface area contributed by atoms with Crippen LogP contribution in [-0.4, -0.2) is 18.1 Å². The minimum Gasteiger partial charge on any atom is -0.497 e. The van der Waals surface area contributed by atoms with Gasteiger partial charge in [0, 0.05) is 18.9 Å². The van der Waals surface area contributed by atoms with Crippen LogP contribution in [0, 0.1) is 0 Å². The first kappa shape index (κ1) is 16.8. The van der Waals surface area contributed by atoms with Crippen molar-refractivity contribution in [3.63, 3.8) is 0 Å². The number of pyridine rings is 1. The second-order valence-corrected chi connectivity index (χ2v) is 5.88. The van der Waals surface area contributed by atoms with Gasteiger partial charge in [-0.05, 0) is 59.2 Å². The molecule has 0 fully saturated rings. The summed E-state index contributed by atoms with van der Waals surface area (Å²) in [6.07, 6.45) is 3.44. The summed E-state index contributed by atoms with van der Waals surface area (Å²) < 4.78 is 5.24. The van der Waals surface area contributed by atoms with E-state index in [0.717, 1.165) is 27.6 Å². The van der Waals surface area contributed by atoms with Crippen LogP contribution in [0.2, 0.25) is 0 Å². The number of hydrogen-bond donors (Lipinski definition) is 2. The van der Waals surface area contributed by atoms with Gasteiger partial charge in [0.1, 0.15) is 5.75 Å². The minimum atomic E-state index is -0.195. The highest BCUT2D eigenvalue weighted by molar-refractivity contribution is 5.84. The Labute approximate surface area is 147 Å². The maximum atomic E-state index is 12.1. The molecule has 0 aliphatic heterocycles. The molecule has 0 aliphatic rings. The van der Waals surface area contributed by atoms with E-state index in [9.17, 15) is 4.79 Å². The molecule has 0 saturated carbocycles. The van der Waals surface area contributed by atoms with Gasteiger partial charge < -0.3 is 15.4 Å². The molecule has 2 amide bonds. The fourth-order valence-electron chi connectivity index (χ4n) is 2.68. The van der Waals surface area contributed by atoms with Gasteiger partial charge in [-0.2, -0.15) is 0 Å². The Morgan fingerprint density at radius 3 is 2.56 bits per heavy atom. The van der Waals surface area contributed by atoms with E-state index in [-0.39, 0.29) is 12.1 Å². The summed E-state index contributed by atoms with van der Waals surface area (Å²) in [4.78, 5) is 16.1. The van der Waals surface area contributed by atoms with Crippen LogP contribution >= 0.6 is 0 Å². The van der Waals surface area contributed by atoms with Crippen LogP contribution in [0.1, 0.15) is 24.1 Å². The van der Waals surface area contributed by atoms with Gasteiger partial charge in [0.2, 0.25) is 0 Å². The highest BCUT2D eigenvalue weighted by Crippen LogP contribution is 2.21. The van der Waals surface area contributed by atoms with Crippen LogP contribution in [0.3, 0.4) is 0 Å². The zero-order chi connectivity index (χ0) is 17.6. The van der Waals surface area contributed by atoms with E-state index in [4.69, 9.17) is 4.74 Å². The number of amides is 2. The monoisotopic (exact) mass is 335 g/mol. The van der Waals surface area contributed by atoms with E-state index in [0.29, 0.717) is 6.54 Å². The molecule has 1 atom stereocenters. The number of fused-ring (bicyclic) bond motifs is 1. The van der Waals surface area contributed by atoms with E-state index in [1.807, 2.05) is 49.4 Å². The van der Waals surface area contributed by atoms with Crippen molar-refractivity contribution in [3.05, 3.63) is 72.1 Å². The lowest BCUT2D eigenvalue weighted by Crippen LogP contribution is -2.36. The highest BCUT2D eigenvalue weighted by atomic mass is 16.5. The summed E-state index contributed by atoms with van der Waals surface area (Å²) in [5.74, 6) is 0.836. The Morgan fingerprint density at radius 1 is 1.08 bits per heavy atom. The van der Waals surface area contributed by atoms with Gasteiger partial charge in [-0.3, -0.25) is 4.98 Å². The first-order valence-electron chi connectivity index (χ1n) is 8.16. The summed E-state index contributed by atoms with van der Waals surface area (Å²) in [5.41, 5.74) is 2.06. The van der Waals surface area contributed by atoms with Gasteiger partial charge in [-0.1, -0.05) is 18.2 Å². The van der Waals surface area contributed by atoms with Crippen molar-refractivity contribution < 1.29 is 9.53 Å². The first-order chi connectivity index (χ1) is 12.2. The number of methoxy groups -OCH3 is 1. The number of carbonyl (C=O) groups excluding carboxylic acids is 1. The maximum Gasteiger partial charge on any atom is 0.315 e. The number of ether oxygens (including phenoxy) is 1. The van der Waals surface area contributed by atoms with Gasteiger partial charge in [0.25, 0.3) is 0 Å². The lowest BCUT2D eigenvalue weighted by Gasteiger charge is -2.15. The number of benzene rings is 2.